The molecule has 0 N–H and O–H groups in total. The number of hydrogen-bond donors (Lipinski definition) is 0. The summed E-state index contributed by atoms with van der Waals surface area (Å²) in [6.45, 7) is 3.44. The van der Waals surface area contributed by atoms with E-state index >= 15 is 0 Å². The molecule has 0 saturated carbocycles. The molecule has 0 spiro atoms. The van der Waals surface area contributed by atoms with Gasteiger partial charge >= 0.3 is 0 Å². The summed E-state index contributed by atoms with van der Waals surface area (Å²) in [5, 5.41) is 15.8. The minimum Gasteiger partial charge on any atom is -0.442 e. The molecule has 2 heterocycles. The van der Waals surface area contributed by atoms with Gasteiger partial charge in [0.1, 0.15) is 11.1 Å². The van der Waals surface area contributed by atoms with Crippen LogP contribution in [0.1, 0.15) is 11.5 Å². The van der Waals surface area contributed by atoms with Crippen molar-refractivity contribution in [2.45, 2.75) is 13.8 Å². The van der Waals surface area contributed by atoms with Crippen LogP contribution >= 0.6 is 0 Å². The molecule has 2 aromatic carbocycles. The van der Waals surface area contributed by atoms with Gasteiger partial charge in [0.15, 0.2) is 0 Å². The molecule has 0 radical (unpaired) electrons. The normalized spacial score (nSPS) is 11.0. The van der Waals surface area contributed by atoms with Crippen molar-refractivity contribution in [1.82, 2.24) is 9.78 Å². The lowest BCUT2D eigenvalue weighted by Crippen LogP contribution is -2.08. The zero-order valence-electron chi connectivity index (χ0n) is 14.7. The second-order valence-electron chi connectivity index (χ2n) is 6.18. The Morgan fingerprint density at radius 1 is 1.07 bits per heavy atom. The number of aromatic nitrogens is 2. The molecule has 0 unspecified atom stereocenters. The summed E-state index contributed by atoms with van der Waals surface area (Å²) in [5.41, 5.74) is 2.26. The fourth-order valence-electron chi connectivity index (χ4n) is 3.20. The van der Waals surface area contributed by atoms with Crippen LogP contribution in [-0.4, -0.2) is 14.7 Å². The second kappa shape index (κ2) is 6.21. The van der Waals surface area contributed by atoms with Crippen LogP contribution in [0.4, 0.5) is 5.69 Å². The van der Waals surface area contributed by atoms with Gasteiger partial charge in [-0.3, -0.25) is 14.9 Å². The van der Waals surface area contributed by atoms with E-state index in [1.54, 1.807) is 26.0 Å². The minimum absolute atomic E-state index is 0.0613. The van der Waals surface area contributed by atoms with Crippen molar-refractivity contribution >= 4 is 16.8 Å². The summed E-state index contributed by atoms with van der Waals surface area (Å²) in [4.78, 5) is 23.8. The summed E-state index contributed by atoms with van der Waals surface area (Å²) < 4.78 is 7.40. The molecule has 0 saturated heterocycles. The molecule has 0 aliphatic carbocycles. The van der Waals surface area contributed by atoms with Crippen molar-refractivity contribution in [3.05, 3.63) is 86.4 Å². The molecule has 4 aromatic rings. The first-order chi connectivity index (χ1) is 13.0. The van der Waals surface area contributed by atoms with Crippen molar-refractivity contribution < 1.29 is 9.34 Å². The smallest absolute Gasteiger partial charge is 0.271 e. The number of non-ortho nitro benzene ring substituents is 1. The van der Waals surface area contributed by atoms with Gasteiger partial charge in [-0.15, -0.1) is 0 Å². The Kier molecular flexibility index (Phi) is 3.84. The Balaban J connectivity index is 2.01. The van der Waals surface area contributed by atoms with E-state index in [-0.39, 0.29) is 16.8 Å². The lowest BCUT2D eigenvalue weighted by atomic mass is 10.0. The van der Waals surface area contributed by atoms with Gasteiger partial charge in [0.25, 0.3) is 5.69 Å². The quantitative estimate of drug-likeness (QED) is 0.403. The van der Waals surface area contributed by atoms with Crippen LogP contribution in [-0.2, 0) is 0 Å². The van der Waals surface area contributed by atoms with E-state index in [9.17, 15) is 14.9 Å². The largest absolute Gasteiger partial charge is 0.442 e. The van der Waals surface area contributed by atoms with Gasteiger partial charge in [0.05, 0.1) is 21.9 Å². The number of nitro groups is 1. The van der Waals surface area contributed by atoms with Crippen LogP contribution in [0.2, 0.25) is 0 Å². The van der Waals surface area contributed by atoms with Gasteiger partial charge in [-0.1, -0.05) is 36.4 Å². The summed E-state index contributed by atoms with van der Waals surface area (Å²) in [7, 11) is 0. The van der Waals surface area contributed by atoms with Crippen molar-refractivity contribution in [1.29, 1.82) is 0 Å². The van der Waals surface area contributed by atoms with Gasteiger partial charge < -0.3 is 4.42 Å². The van der Waals surface area contributed by atoms with Gasteiger partial charge in [-0.05, 0) is 25.5 Å². The van der Waals surface area contributed by atoms with E-state index in [0.29, 0.717) is 28.1 Å². The van der Waals surface area contributed by atoms with E-state index in [4.69, 9.17) is 4.42 Å². The Morgan fingerprint density at radius 2 is 1.81 bits per heavy atom. The minimum atomic E-state index is -0.475. The zero-order chi connectivity index (χ0) is 19.1. The summed E-state index contributed by atoms with van der Waals surface area (Å²) >= 11 is 0. The third-order valence-corrected chi connectivity index (χ3v) is 4.42. The van der Waals surface area contributed by atoms with Crippen LogP contribution < -0.4 is 5.43 Å². The van der Waals surface area contributed by atoms with Crippen LogP contribution in [0, 0.1) is 24.0 Å². The third-order valence-electron chi connectivity index (χ3n) is 4.42. The van der Waals surface area contributed by atoms with E-state index < -0.39 is 4.92 Å². The SMILES string of the molecule is Cc1oc2c(c(C)nn2-c2cccc([N+](=O)[O-])c2)c(=O)c1-c1ccccc1. The van der Waals surface area contributed by atoms with Gasteiger partial charge in [0.2, 0.25) is 11.1 Å². The van der Waals surface area contributed by atoms with Crippen molar-refractivity contribution in [3.63, 3.8) is 0 Å². The summed E-state index contributed by atoms with van der Waals surface area (Å²) in [5.74, 6) is 0.463. The molecule has 0 amide bonds. The van der Waals surface area contributed by atoms with Gasteiger partial charge in [0, 0.05) is 12.1 Å². The Morgan fingerprint density at radius 3 is 2.52 bits per heavy atom. The maximum Gasteiger partial charge on any atom is 0.271 e. The maximum absolute atomic E-state index is 13.2. The van der Waals surface area contributed by atoms with Crippen molar-refractivity contribution in [3.8, 4) is 16.8 Å². The molecule has 27 heavy (non-hydrogen) atoms. The van der Waals surface area contributed by atoms with Crippen molar-refractivity contribution in [2.24, 2.45) is 0 Å². The lowest BCUT2D eigenvalue weighted by Gasteiger charge is -2.07. The Hall–Kier alpha value is -3.74. The molecular formula is C20H15N3O4. The second-order valence-corrected chi connectivity index (χ2v) is 6.18. The van der Waals surface area contributed by atoms with E-state index in [1.807, 2.05) is 30.3 Å². The summed E-state index contributed by atoms with van der Waals surface area (Å²) in [6.07, 6.45) is 0. The molecule has 7 nitrogen and oxygen atoms in total. The molecular weight excluding hydrogens is 346 g/mol. The Bertz CT molecular complexity index is 1240. The number of nitrogens with zero attached hydrogens (tertiary/aromatic N) is 3. The number of benzene rings is 2. The number of aryl methyl sites for hydroxylation is 2. The molecule has 0 aliphatic rings. The third kappa shape index (κ3) is 2.69. The topological polar surface area (TPSA) is 91.2 Å². The van der Waals surface area contributed by atoms with Gasteiger partial charge in [-0.2, -0.15) is 9.78 Å². The fraction of sp³-hybridized carbons (Fsp3) is 0.100. The zero-order valence-corrected chi connectivity index (χ0v) is 14.7. The average Bonchev–Trinajstić information content (AvgIpc) is 2.99. The van der Waals surface area contributed by atoms with Gasteiger partial charge in [-0.25, -0.2) is 0 Å². The molecule has 0 fully saturated rings. The van der Waals surface area contributed by atoms with Crippen LogP contribution in [0.15, 0.2) is 63.8 Å². The number of rotatable bonds is 3. The summed E-state index contributed by atoms with van der Waals surface area (Å²) in [6, 6.07) is 15.3. The lowest BCUT2D eigenvalue weighted by molar-refractivity contribution is -0.384. The highest BCUT2D eigenvalue weighted by Gasteiger charge is 2.21. The Labute approximate surface area is 153 Å². The van der Waals surface area contributed by atoms with Crippen LogP contribution in [0.25, 0.3) is 27.9 Å². The standard InChI is InChI=1S/C20H15N3O4/c1-12-17-19(24)18(14-7-4-3-5-8-14)13(2)27-20(17)22(21-12)15-9-6-10-16(11-15)23(25)26/h3-11H,1-2H3. The van der Waals surface area contributed by atoms with E-state index in [2.05, 4.69) is 5.10 Å². The highest BCUT2D eigenvalue weighted by atomic mass is 16.6. The van der Waals surface area contributed by atoms with E-state index in [1.165, 1.54) is 16.8 Å². The molecule has 0 atom stereocenters. The molecule has 7 heteroatoms. The molecule has 0 aliphatic heterocycles. The first-order valence-corrected chi connectivity index (χ1v) is 8.30. The monoisotopic (exact) mass is 361 g/mol. The van der Waals surface area contributed by atoms with Crippen molar-refractivity contribution in [2.75, 3.05) is 0 Å². The number of hydrogen-bond acceptors (Lipinski definition) is 5. The fourth-order valence-corrected chi connectivity index (χ4v) is 3.20. The predicted molar refractivity (Wildman–Crippen MR) is 101 cm³/mol. The maximum atomic E-state index is 13.2. The highest BCUT2D eigenvalue weighted by Crippen LogP contribution is 2.27. The van der Waals surface area contributed by atoms with E-state index in [0.717, 1.165) is 5.56 Å². The highest BCUT2D eigenvalue weighted by molar-refractivity contribution is 5.84. The predicted octanol–water partition coefficient (Wildman–Crippen LogP) is 4.17. The average molecular weight is 361 g/mol. The molecule has 4 rings (SSSR count). The molecule has 2 aromatic heterocycles. The molecule has 134 valence electrons. The number of fused-ring (bicyclic) bond motifs is 1. The van der Waals surface area contributed by atoms with Crippen LogP contribution in [0.3, 0.4) is 0 Å². The van der Waals surface area contributed by atoms with Crippen LogP contribution in [0.5, 0.6) is 0 Å². The number of nitro benzene ring substituents is 1. The first kappa shape index (κ1) is 16.7. The first-order valence-electron chi connectivity index (χ1n) is 8.30. The molecule has 0 bridgehead atoms.